The second kappa shape index (κ2) is 7.38. The van der Waals surface area contributed by atoms with Crippen LogP contribution in [0.5, 0.6) is 0 Å². The van der Waals surface area contributed by atoms with Crippen molar-refractivity contribution in [2.75, 3.05) is 11.9 Å². The molecule has 2 aromatic rings. The van der Waals surface area contributed by atoms with Gasteiger partial charge in [0, 0.05) is 10.7 Å². The van der Waals surface area contributed by atoms with Crippen molar-refractivity contribution in [1.29, 1.82) is 0 Å². The summed E-state index contributed by atoms with van der Waals surface area (Å²) >= 11 is 8.98. The van der Waals surface area contributed by atoms with Crippen molar-refractivity contribution >= 4 is 45.1 Å². The van der Waals surface area contributed by atoms with Crippen LogP contribution in [0.25, 0.3) is 0 Å². The fourth-order valence-corrected chi connectivity index (χ4v) is 2.32. The topological polar surface area (TPSA) is 68.3 Å². The fraction of sp³-hybridized carbons (Fsp3) is 0.133. The maximum absolute atomic E-state index is 11.8. The van der Waals surface area contributed by atoms with Crippen LogP contribution in [0.1, 0.15) is 15.9 Å². The molecule has 0 saturated heterocycles. The number of rotatable bonds is 4. The average Bonchev–Trinajstić information content (AvgIpc) is 2.48. The van der Waals surface area contributed by atoms with Crippen LogP contribution in [0.15, 0.2) is 41.0 Å². The number of ether oxygens (including phenoxy) is 1. The van der Waals surface area contributed by atoms with Crippen LogP contribution < -0.4 is 5.32 Å². The van der Waals surface area contributed by atoms with E-state index in [1.54, 1.807) is 6.07 Å². The molecule has 114 valence electrons. The van der Waals surface area contributed by atoms with E-state index in [1.165, 1.54) is 18.3 Å². The van der Waals surface area contributed by atoms with Gasteiger partial charge in [0.15, 0.2) is 6.61 Å². The first-order valence-corrected chi connectivity index (χ1v) is 7.47. The number of amides is 1. The molecule has 0 aliphatic heterocycles. The quantitative estimate of drug-likeness (QED) is 0.647. The molecule has 0 bridgehead atoms. The van der Waals surface area contributed by atoms with Gasteiger partial charge in [-0.3, -0.25) is 4.79 Å². The van der Waals surface area contributed by atoms with Gasteiger partial charge in [0.2, 0.25) is 0 Å². The molecule has 0 unspecified atom stereocenters. The van der Waals surface area contributed by atoms with Gasteiger partial charge in [-0.25, -0.2) is 9.78 Å². The van der Waals surface area contributed by atoms with Gasteiger partial charge in [-0.2, -0.15) is 0 Å². The summed E-state index contributed by atoms with van der Waals surface area (Å²) < 4.78 is 5.67. The normalized spacial score (nSPS) is 10.1. The van der Waals surface area contributed by atoms with Gasteiger partial charge < -0.3 is 10.1 Å². The fourth-order valence-electron chi connectivity index (χ4n) is 1.62. The minimum atomic E-state index is -0.637. The molecule has 0 aliphatic carbocycles. The minimum absolute atomic E-state index is 0.230. The molecule has 1 aromatic heterocycles. The molecule has 0 radical (unpaired) electrons. The zero-order valence-electron chi connectivity index (χ0n) is 11.6. The summed E-state index contributed by atoms with van der Waals surface area (Å²) in [7, 11) is 0. The average molecular weight is 384 g/mol. The van der Waals surface area contributed by atoms with Crippen LogP contribution in [0.2, 0.25) is 5.15 Å². The summed E-state index contributed by atoms with van der Waals surface area (Å²) in [5.74, 6) is -1.07. The number of nitrogens with zero attached hydrogens (tertiary/aromatic N) is 1. The summed E-state index contributed by atoms with van der Waals surface area (Å²) in [5.41, 5.74) is 1.90. The number of halogens is 2. The lowest BCUT2D eigenvalue weighted by Crippen LogP contribution is -2.21. The SMILES string of the molecule is Cc1ccc(NC(=O)COC(=O)c2ccc(Cl)nc2)c(Br)c1. The Kier molecular flexibility index (Phi) is 5.51. The van der Waals surface area contributed by atoms with Crippen molar-refractivity contribution in [3.05, 3.63) is 57.3 Å². The van der Waals surface area contributed by atoms with Crippen LogP contribution in [-0.2, 0) is 9.53 Å². The van der Waals surface area contributed by atoms with E-state index in [0.29, 0.717) is 5.69 Å². The monoisotopic (exact) mass is 382 g/mol. The summed E-state index contributed by atoms with van der Waals surface area (Å²) in [4.78, 5) is 27.3. The van der Waals surface area contributed by atoms with Crippen molar-refractivity contribution in [2.24, 2.45) is 0 Å². The van der Waals surface area contributed by atoms with Crippen molar-refractivity contribution in [1.82, 2.24) is 4.98 Å². The van der Waals surface area contributed by atoms with E-state index in [9.17, 15) is 9.59 Å². The number of anilines is 1. The molecule has 0 aliphatic rings. The molecule has 0 spiro atoms. The maximum atomic E-state index is 11.8. The Bertz CT molecular complexity index is 704. The molecule has 0 atom stereocenters. The van der Waals surface area contributed by atoms with E-state index in [4.69, 9.17) is 16.3 Å². The highest BCUT2D eigenvalue weighted by Gasteiger charge is 2.11. The molecule has 2 rings (SSSR count). The van der Waals surface area contributed by atoms with E-state index in [2.05, 4.69) is 26.2 Å². The molecule has 1 N–H and O–H groups in total. The maximum Gasteiger partial charge on any atom is 0.340 e. The Hall–Kier alpha value is -1.92. The van der Waals surface area contributed by atoms with Gasteiger partial charge in [0.25, 0.3) is 5.91 Å². The Morgan fingerprint density at radius 2 is 2.09 bits per heavy atom. The molecular formula is C15H12BrClN2O3. The molecule has 1 aromatic carbocycles. The Labute approximate surface area is 140 Å². The summed E-state index contributed by atoms with van der Waals surface area (Å²) in [6.45, 7) is 1.56. The third kappa shape index (κ3) is 4.54. The lowest BCUT2D eigenvalue weighted by atomic mass is 10.2. The van der Waals surface area contributed by atoms with Gasteiger partial charge in [-0.15, -0.1) is 0 Å². The third-order valence-corrected chi connectivity index (χ3v) is 3.58. The van der Waals surface area contributed by atoms with Crippen LogP contribution >= 0.6 is 27.5 Å². The number of benzene rings is 1. The van der Waals surface area contributed by atoms with Gasteiger partial charge in [-0.1, -0.05) is 17.7 Å². The van der Waals surface area contributed by atoms with Crippen molar-refractivity contribution < 1.29 is 14.3 Å². The highest BCUT2D eigenvalue weighted by atomic mass is 79.9. The van der Waals surface area contributed by atoms with Crippen molar-refractivity contribution in [3.8, 4) is 0 Å². The Balaban J connectivity index is 1.89. The third-order valence-electron chi connectivity index (χ3n) is 2.70. The van der Waals surface area contributed by atoms with Crippen molar-refractivity contribution in [3.63, 3.8) is 0 Å². The highest BCUT2D eigenvalue weighted by Crippen LogP contribution is 2.23. The molecule has 7 heteroatoms. The zero-order valence-corrected chi connectivity index (χ0v) is 13.9. The Morgan fingerprint density at radius 3 is 2.73 bits per heavy atom. The van der Waals surface area contributed by atoms with E-state index >= 15 is 0 Å². The highest BCUT2D eigenvalue weighted by molar-refractivity contribution is 9.10. The number of pyridine rings is 1. The zero-order chi connectivity index (χ0) is 16.1. The molecule has 0 fully saturated rings. The standard InChI is InChI=1S/C15H12BrClN2O3/c1-9-2-4-12(11(16)6-9)19-14(20)8-22-15(21)10-3-5-13(17)18-7-10/h2-7H,8H2,1H3,(H,19,20). The summed E-state index contributed by atoms with van der Waals surface area (Å²) in [5, 5.41) is 2.93. The largest absolute Gasteiger partial charge is 0.452 e. The first-order valence-electron chi connectivity index (χ1n) is 6.30. The lowest BCUT2D eigenvalue weighted by molar-refractivity contribution is -0.119. The van der Waals surface area contributed by atoms with E-state index in [-0.39, 0.29) is 17.3 Å². The predicted molar refractivity (Wildman–Crippen MR) is 87.0 cm³/mol. The van der Waals surface area contributed by atoms with E-state index in [1.807, 2.05) is 19.1 Å². The van der Waals surface area contributed by atoms with Gasteiger partial charge in [0.1, 0.15) is 5.15 Å². The van der Waals surface area contributed by atoms with E-state index in [0.717, 1.165) is 10.0 Å². The number of carbonyl (C=O) groups excluding carboxylic acids is 2. The molecule has 1 heterocycles. The van der Waals surface area contributed by atoms with Crippen LogP contribution in [0.4, 0.5) is 5.69 Å². The smallest absolute Gasteiger partial charge is 0.340 e. The number of aromatic nitrogens is 1. The number of hydrogen-bond acceptors (Lipinski definition) is 4. The van der Waals surface area contributed by atoms with Crippen LogP contribution in [0.3, 0.4) is 0 Å². The molecule has 1 amide bonds. The molecular weight excluding hydrogens is 372 g/mol. The number of aryl methyl sites for hydroxylation is 1. The predicted octanol–water partition coefficient (Wildman–Crippen LogP) is 3.60. The number of hydrogen-bond donors (Lipinski definition) is 1. The molecule has 22 heavy (non-hydrogen) atoms. The first kappa shape index (κ1) is 16.5. The summed E-state index contributed by atoms with van der Waals surface area (Å²) in [6.07, 6.45) is 1.29. The summed E-state index contributed by atoms with van der Waals surface area (Å²) in [6, 6.07) is 8.46. The van der Waals surface area contributed by atoms with Gasteiger partial charge in [0.05, 0.1) is 11.3 Å². The second-order valence-corrected chi connectivity index (χ2v) is 5.72. The Morgan fingerprint density at radius 1 is 1.32 bits per heavy atom. The lowest BCUT2D eigenvalue weighted by Gasteiger charge is -2.08. The number of carbonyl (C=O) groups is 2. The van der Waals surface area contributed by atoms with Crippen LogP contribution in [-0.4, -0.2) is 23.5 Å². The number of nitrogens with one attached hydrogen (secondary N) is 1. The minimum Gasteiger partial charge on any atom is -0.452 e. The molecule has 5 nitrogen and oxygen atoms in total. The van der Waals surface area contributed by atoms with Crippen molar-refractivity contribution in [2.45, 2.75) is 6.92 Å². The van der Waals surface area contributed by atoms with Crippen LogP contribution in [0, 0.1) is 6.92 Å². The second-order valence-electron chi connectivity index (χ2n) is 4.48. The molecule has 0 saturated carbocycles. The van der Waals surface area contributed by atoms with Gasteiger partial charge >= 0.3 is 5.97 Å². The first-order chi connectivity index (χ1) is 10.5. The van der Waals surface area contributed by atoms with E-state index < -0.39 is 11.9 Å². The van der Waals surface area contributed by atoms with Gasteiger partial charge in [-0.05, 0) is 52.7 Å². The number of esters is 1.